The van der Waals surface area contributed by atoms with Crippen LogP contribution in [0.1, 0.15) is 40.8 Å². The lowest BCUT2D eigenvalue weighted by atomic mass is 9.88. The van der Waals surface area contributed by atoms with E-state index in [1.807, 2.05) is 19.3 Å². The van der Waals surface area contributed by atoms with Gasteiger partial charge in [-0.05, 0) is 62.1 Å². The molecule has 1 unspecified atom stereocenters. The van der Waals surface area contributed by atoms with Gasteiger partial charge < -0.3 is 5.32 Å². The molecular weight excluding hydrogens is 256 g/mol. The molecule has 0 aliphatic rings. The van der Waals surface area contributed by atoms with E-state index < -0.39 is 0 Å². The number of aromatic nitrogens is 1. The van der Waals surface area contributed by atoms with Crippen molar-refractivity contribution in [3.63, 3.8) is 0 Å². The molecule has 0 spiro atoms. The molecule has 0 saturated heterocycles. The fourth-order valence-corrected chi connectivity index (χ4v) is 3.07. The Morgan fingerprint density at radius 2 is 1.86 bits per heavy atom. The van der Waals surface area contributed by atoms with Crippen LogP contribution in [0.15, 0.2) is 36.5 Å². The van der Waals surface area contributed by atoms with Crippen LogP contribution in [0.5, 0.6) is 0 Å². The Hall–Kier alpha value is -1.67. The third kappa shape index (κ3) is 3.70. The summed E-state index contributed by atoms with van der Waals surface area (Å²) in [4.78, 5) is 4.64. The third-order valence-electron chi connectivity index (χ3n) is 4.23. The second-order valence-electron chi connectivity index (χ2n) is 5.73. The maximum atomic E-state index is 4.64. The highest BCUT2D eigenvalue weighted by molar-refractivity contribution is 5.37. The summed E-state index contributed by atoms with van der Waals surface area (Å²) in [7, 11) is 2.02. The van der Waals surface area contributed by atoms with Gasteiger partial charge in [0.15, 0.2) is 0 Å². The molecule has 2 aromatic rings. The number of nitrogens with one attached hydrogen (secondary N) is 1. The Bertz CT molecular complexity index is 590. The number of aryl methyl sites for hydroxylation is 3. The van der Waals surface area contributed by atoms with Crippen molar-refractivity contribution < 1.29 is 0 Å². The van der Waals surface area contributed by atoms with E-state index >= 15 is 0 Å². The Balaban J connectivity index is 2.35. The summed E-state index contributed by atoms with van der Waals surface area (Å²) in [5.41, 5.74) is 6.85. The highest BCUT2D eigenvalue weighted by Gasteiger charge is 2.17. The van der Waals surface area contributed by atoms with Crippen molar-refractivity contribution >= 4 is 0 Å². The zero-order chi connectivity index (χ0) is 15.2. The second-order valence-corrected chi connectivity index (χ2v) is 5.73. The number of pyridine rings is 1. The largest absolute Gasteiger partial charge is 0.319 e. The van der Waals surface area contributed by atoms with E-state index in [2.05, 4.69) is 55.3 Å². The quantitative estimate of drug-likeness (QED) is 0.871. The minimum absolute atomic E-state index is 0.419. The van der Waals surface area contributed by atoms with Crippen molar-refractivity contribution in [2.45, 2.75) is 39.5 Å². The van der Waals surface area contributed by atoms with Crippen LogP contribution < -0.4 is 5.32 Å². The first-order chi connectivity index (χ1) is 10.2. The van der Waals surface area contributed by atoms with Gasteiger partial charge in [-0.2, -0.15) is 0 Å². The van der Waals surface area contributed by atoms with Crippen LogP contribution in [0.4, 0.5) is 0 Å². The molecule has 0 radical (unpaired) electrons. The number of hydrogen-bond acceptors (Lipinski definition) is 2. The van der Waals surface area contributed by atoms with Gasteiger partial charge in [-0.25, -0.2) is 0 Å². The Labute approximate surface area is 128 Å². The molecule has 1 aromatic carbocycles. The summed E-state index contributed by atoms with van der Waals surface area (Å²) in [6.45, 7) is 7.56. The van der Waals surface area contributed by atoms with Gasteiger partial charge in [0.05, 0.1) is 0 Å². The predicted molar refractivity (Wildman–Crippen MR) is 89.9 cm³/mol. The normalized spacial score (nSPS) is 12.4. The monoisotopic (exact) mass is 282 g/mol. The van der Waals surface area contributed by atoms with Crippen molar-refractivity contribution in [2.75, 3.05) is 13.6 Å². The maximum absolute atomic E-state index is 4.64. The van der Waals surface area contributed by atoms with E-state index in [0.29, 0.717) is 5.92 Å². The van der Waals surface area contributed by atoms with Crippen LogP contribution >= 0.6 is 0 Å². The number of nitrogens with zero attached hydrogens (tertiary/aromatic N) is 1. The average Bonchev–Trinajstić information content (AvgIpc) is 2.49. The summed E-state index contributed by atoms with van der Waals surface area (Å²) < 4.78 is 0. The number of hydrogen-bond donors (Lipinski definition) is 1. The van der Waals surface area contributed by atoms with Crippen molar-refractivity contribution in [1.82, 2.24) is 10.3 Å². The highest BCUT2D eigenvalue weighted by atomic mass is 14.8. The Kier molecular flexibility index (Phi) is 5.51. The van der Waals surface area contributed by atoms with Crippen molar-refractivity contribution in [3.8, 4) is 0 Å². The van der Waals surface area contributed by atoms with Crippen LogP contribution in [0.2, 0.25) is 0 Å². The Morgan fingerprint density at radius 1 is 1.10 bits per heavy atom. The van der Waals surface area contributed by atoms with Crippen LogP contribution in [0, 0.1) is 13.8 Å². The molecular formula is C19H26N2. The molecule has 0 amide bonds. The second kappa shape index (κ2) is 7.37. The summed E-state index contributed by atoms with van der Waals surface area (Å²) in [6.07, 6.45) is 4.04. The van der Waals surface area contributed by atoms with E-state index in [1.165, 1.54) is 27.9 Å². The predicted octanol–water partition coefficient (Wildman–Crippen LogP) is 3.81. The first kappa shape index (κ1) is 15.7. The van der Waals surface area contributed by atoms with Gasteiger partial charge in [0.25, 0.3) is 0 Å². The SMILES string of the molecule is CCc1cccc(C)c1CC(CNC)c1ncccc1C. The van der Waals surface area contributed by atoms with Gasteiger partial charge in [-0.15, -0.1) is 0 Å². The lowest BCUT2D eigenvalue weighted by Gasteiger charge is -2.21. The minimum Gasteiger partial charge on any atom is -0.319 e. The van der Waals surface area contributed by atoms with E-state index in [1.54, 1.807) is 0 Å². The first-order valence-corrected chi connectivity index (χ1v) is 7.80. The zero-order valence-electron chi connectivity index (χ0n) is 13.6. The van der Waals surface area contributed by atoms with E-state index in [9.17, 15) is 0 Å². The minimum atomic E-state index is 0.419. The molecule has 0 saturated carbocycles. The molecule has 21 heavy (non-hydrogen) atoms. The van der Waals surface area contributed by atoms with E-state index in [4.69, 9.17) is 0 Å². The molecule has 0 aliphatic heterocycles. The summed E-state index contributed by atoms with van der Waals surface area (Å²) in [5, 5.41) is 3.33. The molecule has 2 rings (SSSR count). The van der Waals surface area contributed by atoms with Crippen LogP contribution in [0.25, 0.3) is 0 Å². The fraction of sp³-hybridized carbons (Fsp3) is 0.421. The standard InChI is InChI=1S/C19H26N2/c1-5-16-10-6-8-14(2)18(16)12-17(13-20-4)19-15(3)9-7-11-21-19/h6-11,17,20H,5,12-13H2,1-4H3. The maximum Gasteiger partial charge on any atom is 0.0479 e. The topological polar surface area (TPSA) is 24.9 Å². The molecule has 1 aromatic heterocycles. The van der Waals surface area contributed by atoms with Gasteiger partial charge in [-0.1, -0.05) is 31.2 Å². The lowest BCUT2D eigenvalue weighted by molar-refractivity contribution is 0.603. The molecule has 1 atom stereocenters. The smallest absolute Gasteiger partial charge is 0.0479 e. The van der Waals surface area contributed by atoms with Crippen LogP contribution in [0.3, 0.4) is 0 Å². The summed E-state index contributed by atoms with van der Waals surface area (Å²) in [5.74, 6) is 0.419. The van der Waals surface area contributed by atoms with Crippen LogP contribution in [-0.2, 0) is 12.8 Å². The molecule has 1 heterocycles. The van der Waals surface area contributed by atoms with Crippen molar-refractivity contribution in [1.29, 1.82) is 0 Å². The molecule has 0 fully saturated rings. The summed E-state index contributed by atoms with van der Waals surface area (Å²) >= 11 is 0. The summed E-state index contributed by atoms with van der Waals surface area (Å²) in [6, 6.07) is 10.8. The molecule has 0 bridgehead atoms. The molecule has 2 heteroatoms. The third-order valence-corrected chi connectivity index (χ3v) is 4.23. The number of likely N-dealkylation sites (N-methyl/N-ethyl adjacent to an activating group) is 1. The lowest BCUT2D eigenvalue weighted by Crippen LogP contribution is -2.21. The molecule has 1 N–H and O–H groups in total. The van der Waals surface area contributed by atoms with Gasteiger partial charge >= 0.3 is 0 Å². The average molecular weight is 282 g/mol. The zero-order valence-corrected chi connectivity index (χ0v) is 13.6. The van der Waals surface area contributed by atoms with Crippen molar-refractivity contribution in [3.05, 3.63) is 64.5 Å². The van der Waals surface area contributed by atoms with E-state index in [-0.39, 0.29) is 0 Å². The van der Waals surface area contributed by atoms with Gasteiger partial charge in [0.2, 0.25) is 0 Å². The number of benzene rings is 1. The Morgan fingerprint density at radius 3 is 2.52 bits per heavy atom. The first-order valence-electron chi connectivity index (χ1n) is 7.80. The fourth-order valence-electron chi connectivity index (χ4n) is 3.07. The number of rotatable bonds is 6. The van der Waals surface area contributed by atoms with Gasteiger partial charge in [0.1, 0.15) is 0 Å². The molecule has 2 nitrogen and oxygen atoms in total. The van der Waals surface area contributed by atoms with Gasteiger partial charge in [-0.3, -0.25) is 4.98 Å². The van der Waals surface area contributed by atoms with E-state index in [0.717, 1.165) is 19.4 Å². The highest BCUT2D eigenvalue weighted by Crippen LogP contribution is 2.25. The van der Waals surface area contributed by atoms with Gasteiger partial charge in [0, 0.05) is 24.4 Å². The molecule has 112 valence electrons. The van der Waals surface area contributed by atoms with Crippen LogP contribution in [-0.4, -0.2) is 18.6 Å². The van der Waals surface area contributed by atoms with Crippen molar-refractivity contribution in [2.24, 2.45) is 0 Å². The molecule has 0 aliphatic carbocycles.